The van der Waals surface area contributed by atoms with Gasteiger partial charge in [0.15, 0.2) is 5.69 Å². The number of alkyl halides is 1. The molecule has 10 nitrogen and oxygen atoms in total. The van der Waals surface area contributed by atoms with Crippen LogP contribution in [-0.2, 0) is 28.2 Å². The lowest BCUT2D eigenvalue weighted by molar-refractivity contribution is -0.155. The minimum absolute atomic E-state index is 0.0225. The van der Waals surface area contributed by atoms with Gasteiger partial charge >= 0.3 is 11.8 Å². The molecule has 2 aromatic rings. The summed E-state index contributed by atoms with van der Waals surface area (Å²) in [5.74, 6) is -3.73. The summed E-state index contributed by atoms with van der Waals surface area (Å²) >= 11 is 0. The molecule has 2 aliphatic heterocycles. The summed E-state index contributed by atoms with van der Waals surface area (Å²) < 4.78 is 29.0. The zero-order valence-corrected chi connectivity index (χ0v) is 21.8. The lowest BCUT2D eigenvalue weighted by atomic mass is 9.68. The van der Waals surface area contributed by atoms with Gasteiger partial charge < -0.3 is 20.2 Å². The molecule has 38 heavy (non-hydrogen) atoms. The largest absolute Gasteiger partial charge is 0.501 e. The van der Waals surface area contributed by atoms with Gasteiger partial charge in [0.1, 0.15) is 17.2 Å². The number of benzene rings is 1. The molecule has 0 saturated heterocycles. The van der Waals surface area contributed by atoms with Gasteiger partial charge in [0.05, 0.1) is 6.67 Å². The van der Waals surface area contributed by atoms with Crippen molar-refractivity contribution in [2.45, 2.75) is 51.2 Å². The molecule has 1 fully saturated rings. The first-order valence-corrected chi connectivity index (χ1v) is 12.3. The normalized spacial score (nSPS) is 21.8. The number of aromatic nitrogens is 2. The van der Waals surface area contributed by atoms with Crippen molar-refractivity contribution < 1.29 is 28.3 Å². The Balaban J connectivity index is 1.78. The first-order valence-electron chi connectivity index (χ1n) is 12.3. The highest BCUT2D eigenvalue weighted by Gasteiger charge is 2.54. The summed E-state index contributed by atoms with van der Waals surface area (Å²) in [7, 11) is 4.30. The minimum atomic E-state index is -1.27. The van der Waals surface area contributed by atoms with Crippen LogP contribution < -0.4 is 10.9 Å². The molecule has 3 amide bonds. The van der Waals surface area contributed by atoms with Crippen LogP contribution in [0.1, 0.15) is 53.1 Å². The number of carbonyl (C=O) groups excluding carboxylic acids is 3. The Morgan fingerprint density at radius 2 is 1.79 bits per heavy atom. The number of nitrogens with one attached hydrogen (secondary N) is 1. The number of nitrogens with zero attached hydrogens (tertiary/aromatic N) is 4. The molecule has 0 spiro atoms. The van der Waals surface area contributed by atoms with Crippen molar-refractivity contribution in [2.75, 3.05) is 27.8 Å². The van der Waals surface area contributed by atoms with Crippen LogP contribution in [0.2, 0.25) is 0 Å². The third-order valence-corrected chi connectivity index (χ3v) is 7.90. The quantitative estimate of drug-likeness (QED) is 0.565. The zero-order valence-electron chi connectivity index (χ0n) is 21.8. The third kappa shape index (κ3) is 4.41. The molecule has 1 saturated carbocycles. The van der Waals surface area contributed by atoms with Gasteiger partial charge in [0.25, 0.3) is 11.5 Å². The summed E-state index contributed by atoms with van der Waals surface area (Å²) in [5, 5.41) is 13.3. The number of likely N-dealkylation sites (N-methyl/N-ethyl adjacent to an activating group) is 2. The Morgan fingerprint density at radius 3 is 2.37 bits per heavy atom. The monoisotopic (exact) mass is 531 g/mol. The SMILES string of the molecule is Cc1cc(CNC(=O)c2nc3n(c(=O)c2O)CC2(CF)CCC3(N(C)C(=O)C(=O)N(C)C)CC2)ccc1F. The maximum absolute atomic E-state index is 14.3. The maximum Gasteiger partial charge on any atom is 0.312 e. The van der Waals surface area contributed by atoms with E-state index in [4.69, 9.17) is 0 Å². The second kappa shape index (κ2) is 9.80. The number of halogens is 2. The number of hydrogen-bond donors (Lipinski definition) is 2. The fourth-order valence-electron chi connectivity index (χ4n) is 5.39. The van der Waals surface area contributed by atoms with Crippen molar-refractivity contribution in [1.29, 1.82) is 0 Å². The molecule has 2 N–H and O–H groups in total. The zero-order chi connectivity index (χ0) is 28.0. The number of fused-ring (bicyclic) bond motifs is 2. The second-order valence-corrected chi connectivity index (χ2v) is 10.5. The third-order valence-electron chi connectivity index (χ3n) is 7.90. The second-order valence-electron chi connectivity index (χ2n) is 10.5. The Labute approximate surface area is 218 Å². The fraction of sp³-hybridized carbons (Fsp3) is 0.500. The van der Waals surface area contributed by atoms with E-state index >= 15 is 0 Å². The molecular formula is C26H31F2N5O5. The molecule has 5 rings (SSSR count). The summed E-state index contributed by atoms with van der Waals surface area (Å²) in [4.78, 5) is 58.8. The van der Waals surface area contributed by atoms with Gasteiger partial charge in [0.2, 0.25) is 5.75 Å². The number of carbonyl (C=O) groups is 3. The van der Waals surface area contributed by atoms with Crippen molar-refractivity contribution in [3.8, 4) is 5.75 Å². The molecule has 0 radical (unpaired) electrons. The van der Waals surface area contributed by atoms with Crippen molar-refractivity contribution >= 4 is 17.7 Å². The topological polar surface area (TPSA) is 125 Å². The molecule has 0 atom stereocenters. The van der Waals surface area contributed by atoms with Crippen LogP contribution in [0.5, 0.6) is 5.75 Å². The highest BCUT2D eigenvalue weighted by atomic mass is 19.1. The Bertz CT molecular complexity index is 1360. The smallest absolute Gasteiger partial charge is 0.312 e. The average molecular weight is 532 g/mol. The van der Waals surface area contributed by atoms with E-state index in [1.807, 2.05) is 0 Å². The summed E-state index contributed by atoms with van der Waals surface area (Å²) in [5.41, 5.74) is -2.65. The van der Waals surface area contributed by atoms with Gasteiger partial charge in [-0.05, 0) is 49.8 Å². The molecule has 1 aromatic carbocycles. The molecular weight excluding hydrogens is 500 g/mol. The van der Waals surface area contributed by atoms with E-state index in [2.05, 4.69) is 10.3 Å². The maximum atomic E-state index is 14.3. The lowest BCUT2D eigenvalue weighted by Gasteiger charge is -2.45. The van der Waals surface area contributed by atoms with Crippen LogP contribution in [0, 0.1) is 18.2 Å². The van der Waals surface area contributed by atoms with Crippen LogP contribution in [-0.4, -0.2) is 70.0 Å². The van der Waals surface area contributed by atoms with E-state index in [9.17, 15) is 33.1 Å². The molecule has 1 aromatic heterocycles. The van der Waals surface area contributed by atoms with Crippen molar-refractivity contribution in [2.24, 2.45) is 5.41 Å². The van der Waals surface area contributed by atoms with Crippen LogP contribution in [0.4, 0.5) is 8.78 Å². The first-order chi connectivity index (χ1) is 17.9. The summed E-state index contributed by atoms with van der Waals surface area (Å²) in [6, 6.07) is 4.32. The number of rotatable bonds is 5. The molecule has 3 aliphatic rings. The molecule has 12 heteroatoms. The Hall–Kier alpha value is -3.83. The van der Waals surface area contributed by atoms with Crippen molar-refractivity contribution in [3.05, 3.63) is 57.0 Å². The summed E-state index contributed by atoms with van der Waals surface area (Å²) in [6.07, 6.45) is 1.05. The standard InChI is InChI=1S/C26H31F2N5O5/c1-15-11-16(5-6-17(15)28)12-29-20(35)18-19(34)21(36)33-14-25(13-27)7-9-26(10-8-25,24(33)30-18)32(4)23(38)22(37)31(2)3/h5-6,11,34H,7-10,12-14H2,1-4H3,(H,29,35). The van der Waals surface area contributed by atoms with E-state index in [1.54, 1.807) is 13.0 Å². The van der Waals surface area contributed by atoms with Crippen molar-refractivity contribution in [1.82, 2.24) is 24.7 Å². The van der Waals surface area contributed by atoms with Gasteiger partial charge in [-0.1, -0.05) is 12.1 Å². The number of amides is 3. The van der Waals surface area contributed by atoms with Gasteiger partial charge in [-0.3, -0.25) is 28.1 Å². The van der Waals surface area contributed by atoms with Gasteiger partial charge in [-0.25, -0.2) is 9.37 Å². The number of aromatic hydroxyl groups is 1. The predicted molar refractivity (Wildman–Crippen MR) is 132 cm³/mol. The lowest BCUT2D eigenvalue weighted by Crippen LogP contribution is -2.54. The average Bonchev–Trinajstić information content (AvgIpc) is 3.14. The van der Waals surface area contributed by atoms with Gasteiger partial charge in [-0.2, -0.15) is 0 Å². The van der Waals surface area contributed by atoms with Gasteiger partial charge in [-0.15, -0.1) is 0 Å². The summed E-state index contributed by atoms with van der Waals surface area (Å²) in [6.45, 7) is 0.758. The molecule has 1 aliphatic carbocycles. The molecule has 0 unspecified atom stereocenters. The highest BCUT2D eigenvalue weighted by Crippen LogP contribution is 2.52. The highest BCUT2D eigenvalue weighted by molar-refractivity contribution is 6.34. The first kappa shape index (κ1) is 27.2. The van der Waals surface area contributed by atoms with Crippen LogP contribution in [0.15, 0.2) is 23.0 Å². The Morgan fingerprint density at radius 1 is 1.13 bits per heavy atom. The van der Waals surface area contributed by atoms with E-state index in [0.29, 0.717) is 24.0 Å². The minimum Gasteiger partial charge on any atom is -0.501 e. The number of aryl methyl sites for hydroxylation is 1. The molecule has 3 heterocycles. The van der Waals surface area contributed by atoms with E-state index in [0.717, 1.165) is 9.47 Å². The molecule has 204 valence electrons. The fourth-order valence-corrected chi connectivity index (χ4v) is 5.39. The van der Waals surface area contributed by atoms with Crippen LogP contribution >= 0.6 is 0 Å². The van der Waals surface area contributed by atoms with Gasteiger partial charge in [0, 0.05) is 39.6 Å². The Kier molecular flexibility index (Phi) is 7.02. The number of hydrogen-bond acceptors (Lipinski definition) is 6. The van der Waals surface area contributed by atoms with E-state index < -0.39 is 58.2 Å². The van der Waals surface area contributed by atoms with Crippen molar-refractivity contribution in [3.63, 3.8) is 0 Å². The van der Waals surface area contributed by atoms with Crippen LogP contribution in [0.3, 0.4) is 0 Å². The van der Waals surface area contributed by atoms with E-state index in [-0.39, 0.29) is 31.8 Å². The van der Waals surface area contributed by atoms with Crippen LogP contribution in [0.25, 0.3) is 0 Å². The van der Waals surface area contributed by atoms with E-state index in [1.165, 1.54) is 38.2 Å². The predicted octanol–water partition coefficient (Wildman–Crippen LogP) is 1.61. The molecule has 2 bridgehead atoms.